The maximum atomic E-state index is 3.59. The van der Waals surface area contributed by atoms with Gasteiger partial charge in [0, 0.05) is 25.2 Å². The molecule has 0 saturated heterocycles. The van der Waals surface area contributed by atoms with Crippen LogP contribution in [0.15, 0.2) is 24.3 Å². The predicted octanol–water partition coefficient (Wildman–Crippen LogP) is 3.66. The van der Waals surface area contributed by atoms with E-state index < -0.39 is 0 Å². The molecule has 0 amide bonds. The van der Waals surface area contributed by atoms with Crippen molar-refractivity contribution in [2.24, 2.45) is 11.8 Å². The molecule has 0 spiro atoms. The van der Waals surface area contributed by atoms with Crippen molar-refractivity contribution < 1.29 is 0 Å². The lowest BCUT2D eigenvalue weighted by Crippen LogP contribution is -2.35. The molecular weight excluding hydrogens is 244 g/mol. The molecule has 2 heteroatoms. The molecule has 0 aromatic heterocycles. The Balaban J connectivity index is 1.92. The molecule has 0 bridgehead atoms. The highest BCUT2D eigenvalue weighted by atomic mass is 15.1. The lowest BCUT2D eigenvalue weighted by Gasteiger charge is -2.23. The van der Waals surface area contributed by atoms with Crippen LogP contribution >= 0.6 is 0 Å². The second kappa shape index (κ2) is 6.28. The number of hydrogen-bond donors (Lipinski definition) is 1. The molecule has 1 aromatic carbocycles. The van der Waals surface area contributed by atoms with Crippen molar-refractivity contribution in [3.63, 3.8) is 0 Å². The van der Waals surface area contributed by atoms with Crippen molar-refractivity contribution in [3.05, 3.63) is 35.4 Å². The lowest BCUT2D eigenvalue weighted by atomic mass is 10.0. The van der Waals surface area contributed by atoms with Crippen LogP contribution in [0.25, 0.3) is 0 Å². The molecule has 0 heterocycles. The van der Waals surface area contributed by atoms with E-state index in [4.69, 9.17) is 0 Å². The number of nitrogens with one attached hydrogen (secondary N) is 1. The molecule has 1 aliphatic carbocycles. The van der Waals surface area contributed by atoms with Crippen molar-refractivity contribution in [1.29, 1.82) is 0 Å². The Kier molecular flexibility index (Phi) is 4.87. The van der Waals surface area contributed by atoms with Gasteiger partial charge in [-0.2, -0.15) is 0 Å². The van der Waals surface area contributed by atoms with Crippen LogP contribution in [0.3, 0.4) is 0 Å². The van der Waals surface area contributed by atoms with Gasteiger partial charge in [-0.15, -0.1) is 0 Å². The molecule has 1 N–H and O–H groups in total. The van der Waals surface area contributed by atoms with Crippen molar-refractivity contribution in [1.82, 2.24) is 10.2 Å². The van der Waals surface area contributed by atoms with E-state index in [1.54, 1.807) is 0 Å². The van der Waals surface area contributed by atoms with Crippen LogP contribution in [0.1, 0.15) is 45.2 Å². The maximum Gasteiger partial charge on any atom is 0.0234 e. The number of nitrogens with zero attached hydrogens (tertiary/aromatic N) is 1. The second-order valence-corrected chi connectivity index (χ2v) is 7.54. The monoisotopic (exact) mass is 274 g/mol. The molecule has 2 rings (SSSR count). The van der Waals surface area contributed by atoms with Gasteiger partial charge in [-0.3, -0.25) is 0 Å². The minimum atomic E-state index is 0.169. The summed E-state index contributed by atoms with van der Waals surface area (Å²) < 4.78 is 0. The normalized spacial score (nSPS) is 22.3. The first kappa shape index (κ1) is 15.5. The fourth-order valence-electron chi connectivity index (χ4n) is 2.65. The summed E-state index contributed by atoms with van der Waals surface area (Å²) in [5, 5.41) is 3.59. The van der Waals surface area contributed by atoms with Crippen molar-refractivity contribution in [2.45, 2.75) is 52.7 Å². The zero-order valence-electron chi connectivity index (χ0n) is 13.7. The number of hydrogen-bond acceptors (Lipinski definition) is 2. The molecule has 1 saturated carbocycles. The first-order valence-corrected chi connectivity index (χ1v) is 7.85. The number of benzene rings is 1. The van der Waals surface area contributed by atoms with Gasteiger partial charge in [0.15, 0.2) is 0 Å². The van der Waals surface area contributed by atoms with Crippen molar-refractivity contribution in [3.8, 4) is 0 Å². The Labute approximate surface area is 124 Å². The SMILES string of the molecule is CC1CC1CN(C)Cc1ccccc1CNC(C)(C)C. The van der Waals surface area contributed by atoms with E-state index in [1.165, 1.54) is 24.1 Å². The molecule has 2 unspecified atom stereocenters. The summed E-state index contributed by atoms with van der Waals surface area (Å²) in [5.74, 6) is 1.87. The zero-order valence-corrected chi connectivity index (χ0v) is 13.7. The van der Waals surface area contributed by atoms with Gasteiger partial charge in [0.1, 0.15) is 0 Å². The van der Waals surface area contributed by atoms with Crippen molar-refractivity contribution >= 4 is 0 Å². The average molecular weight is 274 g/mol. The quantitative estimate of drug-likeness (QED) is 0.851. The Morgan fingerprint density at radius 2 is 1.80 bits per heavy atom. The van der Waals surface area contributed by atoms with Gasteiger partial charge in [-0.25, -0.2) is 0 Å². The van der Waals surface area contributed by atoms with Crippen LogP contribution in [-0.4, -0.2) is 24.0 Å². The summed E-state index contributed by atoms with van der Waals surface area (Å²) in [7, 11) is 2.25. The molecule has 0 radical (unpaired) electrons. The molecule has 1 aromatic rings. The number of rotatable bonds is 6. The van der Waals surface area contributed by atoms with E-state index in [1.807, 2.05) is 0 Å². The largest absolute Gasteiger partial charge is 0.308 e. The first-order valence-electron chi connectivity index (χ1n) is 7.85. The topological polar surface area (TPSA) is 15.3 Å². The second-order valence-electron chi connectivity index (χ2n) is 7.54. The summed E-state index contributed by atoms with van der Waals surface area (Å²) in [4.78, 5) is 2.48. The van der Waals surface area contributed by atoms with E-state index in [0.29, 0.717) is 0 Å². The highest BCUT2D eigenvalue weighted by Gasteiger charge is 2.33. The van der Waals surface area contributed by atoms with E-state index in [0.717, 1.165) is 24.9 Å². The standard InChI is InChI=1S/C18H30N2/c1-14-10-17(14)13-20(5)12-16-9-7-6-8-15(16)11-19-18(2,3)4/h6-9,14,17,19H,10-13H2,1-5H3. The van der Waals surface area contributed by atoms with Crippen LogP contribution in [0.2, 0.25) is 0 Å². The van der Waals surface area contributed by atoms with Gasteiger partial charge in [0.05, 0.1) is 0 Å². The molecule has 0 aliphatic heterocycles. The lowest BCUT2D eigenvalue weighted by molar-refractivity contribution is 0.306. The van der Waals surface area contributed by atoms with Crippen LogP contribution in [0, 0.1) is 11.8 Å². The fourth-order valence-corrected chi connectivity index (χ4v) is 2.65. The third-order valence-corrected chi connectivity index (χ3v) is 4.19. The van der Waals surface area contributed by atoms with Crippen LogP contribution in [-0.2, 0) is 13.1 Å². The smallest absolute Gasteiger partial charge is 0.0234 e. The Morgan fingerprint density at radius 3 is 2.35 bits per heavy atom. The van der Waals surface area contributed by atoms with Gasteiger partial charge in [-0.05, 0) is 57.2 Å². The summed E-state index contributed by atoms with van der Waals surface area (Å²) in [6.45, 7) is 12.3. The molecular formula is C18H30N2. The molecule has 2 atom stereocenters. The molecule has 20 heavy (non-hydrogen) atoms. The summed E-state index contributed by atoms with van der Waals surface area (Å²) in [5.41, 5.74) is 3.06. The van der Waals surface area contributed by atoms with Gasteiger partial charge >= 0.3 is 0 Å². The minimum Gasteiger partial charge on any atom is -0.308 e. The zero-order chi connectivity index (χ0) is 14.8. The maximum absolute atomic E-state index is 3.59. The summed E-state index contributed by atoms with van der Waals surface area (Å²) in [6, 6.07) is 8.82. The van der Waals surface area contributed by atoms with Gasteiger partial charge < -0.3 is 10.2 Å². The average Bonchev–Trinajstić information content (AvgIpc) is 3.02. The molecule has 1 aliphatic rings. The third-order valence-electron chi connectivity index (χ3n) is 4.19. The summed E-state index contributed by atoms with van der Waals surface area (Å²) >= 11 is 0. The van der Waals surface area contributed by atoms with E-state index in [2.05, 4.69) is 69.2 Å². The Morgan fingerprint density at radius 1 is 1.20 bits per heavy atom. The van der Waals surface area contributed by atoms with Crippen LogP contribution in [0.4, 0.5) is 0 Å². The van der Waals surface area contributed by atoms with Gasteiger partial charge in [0.25, 0.3) is 0 Å². The van der Waals surface area contributed by atoms with Crippen LogP contribution < -0.4 is 5.32 Å². The van der Waals surface area contributed by atoms with Crippen molar-refractivity contribution in [2.75, 3.05) is 13.6 Å². The van der Waals surface area contributed by atoms with Crippen LogP contribution in [0.5, 0.6) is 0 Å². The highest BCUT2D eigenvalue weighted by Crippen LogP contribution is 2.38. The van der Waals surface area contributed by atoms with Gasteiger partial charge in [-0.1, -0.05) is 31.2 Å². The Hall–Kier alpha value is -0.860. The minimum absolute atomic E-state index is 0.169. The van der Waals surface area contributed by atoms with Gasteiger partial charge in [0.2, 0.25) is 0 Å². The molecule has 1 fully saturated rings. The van der Waals surface area contributed by atoms with E-state index >= 15 is 0 Å². The predicted molar refractivity (Wildman–Crippen MR) is 86.6 cm³/mol. The Bertz CT molecular complexity index is 433. The third kappa shape index (κ3) is 4.92. The van der Waals surface area contributed by atoms with E-state index in [-0.39, 0.29) is 5.54 Å². The first-order chi connectivity index (χ1) is 9.35. The fraction of sp³-hybridized carbons (Fsp3) is 0.667. The molecule has 112 valence electrons. The molecule has 2 nitrogen and oxygen atoms in total. The highest BCUT2D eigenvalue weighted by molar-refractivity contribution is 5.27. The van der Waals surface area contributed by atoms with E-state index in [9.17, 15) is 0 Å². The summed E-state index contributed by atoms with van der Waals surface area (Å²) in [6.07, 6.45) is 1.41.